The van der Waals surface area contributed by atoms with Gasteiger partial charge in [-0.2, -0.15) is 5.10 Å². The van der Waals surface area contributed by atoms with Crippen LogP contribution < -0.4 is 10.6 Å². The summed E-state index contributed by atoms with van der Waals surface area (Å²) < 4.78 is 1.74. The molecule has 0 amide bonds. The molecule has 1 heterocycles. The Morgan fingerprint density at radius 2 is 2.18 bits per heavy atom. The van der Waals surface area contributed by atoms with Gasteiger partial charge in [0, 0.05) is 25.5 Å². The summed E-state index contributed by atoms with van der Waals surface area (Å²) in [4.78, 5) is 2.11. The molecule has 1 aromatic heterocycles. The van der Waals surface area contributed by atoms with Crippen LogP contribution in [-0.4, -0.2) is 16.3 Å². The van der Waals surface area contributed by atoms with Gasteiger partial charge < -0.3 is 10.6 Å². The van der Waals surface area contributed by atoms with Crippen molar-refractivity contribution in [1.29, 1.82) is 0 Å². The average Bonchev–Trinajstić information content (AvgIpc) is 2.59. The summed E-state index contributed by atoms with van der Waals surface area (Å²) in [5.41, 5.74) is 9.03. The van der Waals surface area contributed by atoms with E-state index in [1.807, 2.05) is 19.3 Å². The zero-order valence-electron chi connectivity index (χ0n) is 10.5. The third kappa shape index (κ3) is 2.25. The van der Waals surface area contributed by atoms with Gasteiger partial charge in [0.15, 0.2) is 5.82 Å². The summed E-state index contributed by atoms with van der Waals surface area (Å²) in [5, 5.41) is 4.41. The first-order valence-electron chi connectivity index (χ1n) is 5.75. The van der Waals surface area contributed by atoms with E-state index in [-0.39, 0.29) is 0 Å². The maximum absolute atomic E-state index is 5.97. The van der Waals surface area contributed by atoms with Gasteiger partial charge in [0.2, 0.25) is 0 Å². The zero-order valence-corrected chi connectivity index (χ0v) is 10.5. The van der Waals surface area contributed by atoms with Gasteiger partial charge in [-0.1, -0.05) is 12.1 Å². The number of anilines is 3. The van der Waals surface area contributed by atoms with Crippen molar-refractivity contribution in [1.82, 2.24) is 9.78 Å². The van der Waals surface area contributed by atoms with Gasteiger partial charge in [-0.05, 0) is 31.5 Å². The molecular formula is C13H18N4. The highest BCUT2D eigenvalue weighted by molar-refractivity contribution is 5.70. The quantitative estimate of drug-likeness (QED) is 0.881. The van der Waals surface area contributed by atoms with Crippen LogP contribution in [-0.2, 0) is 7.05 Å². The Bertz CT molecular complexity index is 516. The van der Waals surface area contributed by atoms with E-state index in [0.29, 0.717) is 5.69 Å². The molecule has 0 fully saturated rings. The monoisotopic (exact) mass is 230 g/mol. The lowest BCUT2D eigenvalue weighted by molar-refractivity contribution is 0.760. The Labute approximate surface area is 102 Å². The second kappa shape index (κ2) is 4.49. The van der Waals surface area contributed by atoms with Crippen molar-refractivity contribution in [3.8, 4) is 0 Å². The van der Waals surface area contributed by atoms with E-state index in [1.54, 1.807) is 4.68 Å². The summed E-state index contributed by atoms with van der Waals surface area (Å²) in [5.74, 6) is 0.820. The van der Waals surface area contributed by atoms with Crippen LogP contribution in [0.3, 0.4) is 0 Å². The zero-order chi connectivity index (χ0) is 12.4. The van der Waals surface area contributed by atoms with Crippen molar-refractivity contribution in [3.05, 3.63) is 36.0 Å². The van der Waals surface area contributed by atoms with Gasteiger partial charge in [-0.15, -0.1) is 0 Å². The number of rotatable bonds is 3. The summed E-state index contributed by atoms with van der Waals surface area (Å²) in [7, 11) is 1.88. The number of hydrogen-bond donors (Lipinski definition) is 1. The number of benzene rings is 1. The highest BCUT2D eigenvalue weighted by Crippen LogP contribution is 2.28. The van der Waals surface area contributed by atoms with Crippen molar-refractivity contribution in [2.45, 2.75) is 13.8 Å². The first-order chi connectivity index (χ1) is 8.11. The third-order valence-electron chi connectivity index (χ3n) is 2.72. The molecule has 4 nitrogen and oxygen atoms in total. The van der Waals surface area contributed by atoms with E-state index in [0.717, 1.165) is 18.1 Å². The lowest BCUT2D eigenvalue weighted by Gasteiger charge is -2.21. The minimum atomic E-state index is 0.704. The summed E-state index contributed by atoms with van der Waals surface area (Å²) in [6, 6.07) is 8.34. The van der Waals surface area contributed by atoms with Gasteiger partial charge in [-0.25, -0.2) is 0 Å². The predicted molar refractivity (Wildman–Crippen MR) is 71.5 cm³/mol. The van der Waals surface area contributed by atoms with Crippen LogP contribution in [0.1, 0.15) is 12.5 Å². The Balaban J connectivity index is 2.43. The predicted octanol–water partition coefficient (Wildman–Crippen LogP) is 2.47. The molecule has 0 aliphatic heterocycles. The number of aromatic nitrogens is 2. The van der Waals surface area contributed by atoms with E-state index in [9.17, 15) is 0 Å². The van der Waals surface area contributed by atoms with Crippen LogP contribution in [0.4, 0.5) is 17.2 Å². The van der Waals surface area contributed by atoms with Crippen LogP contribution in [0.15, 0.2) is 30.5 Å². The number of aryl methyl sites for hydroxylation is 2. The fourth-order valence-corrected chi connectivity index (χ4v) is 1.96. The molecule has 17 heavy (non-hydrogen) atoms. The second-order valence-electron chi connectivity index (χ2n) is 4.16. The molecule has 2 N–H and O–H groups in total. The van der Waals surface area contributed by atoms with Crippen molar-refractivity contribution < 1.29 is 0 Å². The van der Waals surface area contributed by atoms with Crippen LogP contribution >= 0.6 is 0 Å². The maximum Gasteiger partial charge on any atom is 0.178 e. The molecule has 2 aromatic rings. The Morgan fingerprint density at radius 1 is 1.41 bits per heavy atom. The van der Waals surface area contributed by atoms with Crippen molar-refractivity contribution in [2.24, 2.45) is 7.05 Å². The molecule has 0 saturated heterocycles. The molecule has 90 valence electrons. The minimum absolute atomic E-state index is 0.704. The number of nitrogen functional groups attached to an aromatic ring is 1. The standard InChI is InChI=1S/C13H18N4/c1-4-17(11-7-5-6-10(2)8-11)13-12(14)9-16(3)15-13/h5-9H,4,14H2,1-3H3. The van der Waals surface area contributed by atoms with Crippen LogP contribution in [0.2, 0.25) is 0 Å². The summed E-state index contributed by atoms with van der Waals surface area (Å²) in [6.45, 7) is 5.01. The second-order valence-corrected chi connectivity index (χ2v) is 4.16. The number of hydrogen-bond acceptors (Lipinski definition) is 3. The van der Waals surface area contributed by atoms with Gasteiger partial charge in [-0.3, -0.25) is 4.68 Å². The lowest BCUT2D eigenvalue weighted by atomic mass is 10.2. The van der Waals surface area contributed by atoms with Crippen molar-refractivity contribution >= 4 is 17.2 Å². The molecule has 2 rings (SSSR count). The highest BCUT2D eigenvalue weighted by atomic mass is 15.3. The molecule has 0 bridgehead atoms. The van der Waals surface area contributed by atoms with E-state index in [1.165, 1.54) is 5.56 Å². The normalized spacial score (nSPS) is 10.5. The molecule has 0 aliphatic rings. The SMILES string of the molecule is CCN(c1cccc(C)c1)c1nn(C)cc1N. The molecule has 0 unspecified atom stereocenters. The molecule has 0 atom stereocenters. The molecule has 0 saturated carbocycles. The summed E-state index contributed by atoms with van der Waals surface area (Å²) >= 11 is 0. The van der Waals surface area contributed by atoms with Gasteiger partial charge >= 0.3 is 0 Å². The molecule has 0 aliphatic carbocycles. The molecule has 1 aromatic carbocycles. The lowest BCUT2D eigenvalue weighted by Crippen LogP contribution is -2.18. The Hall–Kier alpha value is -1.97. The van der Waals surface area contributed by atoms with Crippen molar-refractivity contribution in [2.75, 3.05) is 17.2 Å². The van der Waals surface area contributed by atoms with Gasteiger partial charge in [0.25, 0.3) is 0 Å². The molecular weight excluding hydrogens is 212 g/mol. The average molecular weight is 230 g/mol. The first kappa shape index (κ1) is 11.5. The minimum Gasteiger partial charge on any atom is -0.394 e. The van der Waals surface area contributed by atoms with Gasteiger partial charge in [0.1, 0.15) is 0 Å². The molecule has 0 spiro atoms. The van der Waals surface area contributed by atoms with E-state index in [4.69, 9.17) is 5.73 Å². The topological polar surface area (TPSA) is 47.1 Å². The smallest absolute Gasteiger partial charge is 0.178 e. The highest BCUT2D eigenvalue weighted by Gasteiger charge is 2.13. The van der Waals surface area contributed by atoms with Crippen LogP contribution in [0.25, 0.3) is 0 Å². The van der Waals surface area contributed by atoms with E-state index in [2.05, 4.69) is 42.0 Å². The van der Waals surface area contributed by atoms with Crippen LogP contribution in [0, 0.1) is 6.92 Å². The number of nitrogens with zero attached hydrogens (tertiary/aromatic N) is 3. The number of nitrogens with two attached hydrogens (primary N) is 1. The first-order valence-corrected chi connectivity index (χ1v) is 5.75. The fraction of sp³-hybridized carbons (Fsp3) is 0.308. The van der Waals surface area contributed by atoms with Crippen molar-refractivity contribution in [3.63, 3.8) is 0 Å². The molecule has 0 radical (unpaired) electrons. The van der Waals surface area contributed by atoms with E-state index >= 15 is 0 Å². The summed E-state index contributed by atoms with van der Waals surface area (Å²) in [6.07, 6.45) is 1.83. The van der Waals surface area contributed by atoms with Gasteiger partial charge in [0.05, 0.1) is 5.69 Å². The Kier molecular flexibility index (Phi) is 3.04. The third-order valence-corrected chi connectivity index (χ3v) is 2.72. The maximum atomic E-state index is 5.97. The van der Waals surface area contributed by atoms with Crippen LogP contribution in [0.5, 0.6) is 0 Å². The fourth-order valence-electron chi connectivity index (χ4n) is 1.96. The Morgan fingerprint density at radius 3 is 2.71 bits per heavy atom. The molecule has 4 heteroatoms. The largest absolute Gasteiger partial charge is 0.394 e. The van der Waals surface area contributed by atoms with E-state index < -0.39 is 0 Å².